The van der Waals surface area contributed by atoms with Crippen LogP contribution in [0.2, 0.25) is 0 Å². The number of aliphatic carboxylic acids is 1. The number of nitrogens with zero attached hydrogens (tertiary/aromatic N) is 1. The molecule has 0 aliphatic carbocycles. The van der Waals surface area contributed by atoms with E-state index < -0.39 is 49.1 Å². The molecule has 5 atom stereocenters. The molecule has 3 aromatic rings. The lowest BCUT2D eigenvalue weighted by Gasteiger charge is -2.38. The number of para-hydroxylation sites is 1. The zero-order valence-corrected chi connectivity index (χ0v) is 22.4. The number of Topliss-reactive ketones (excluding diaryl/α,β-unsaturated/α-hetero) is 1. The fourth-order valence-corrected chi connectivity index (χ4v) is 4.19. The van der Waals surface area contributed by atoms with E-state index >= 15 is 0 Å². The van der Waals surface area contributed by atoms with Crippen LogP contribution in [-0.4, -0.2) is 80.6 Å². The first-order chi connectivity index (χ1) is 19.9. The summed E-state index contributed by atoms with van der Waals surface area (Å²) in [6.07, 6.45) is -7.97. The summed E-state index contributed by atoms with van der Waals surface area (Å²) >= 11 is 0. The van der Waals surface area contributed by atoms with Gasteiger partial charge in [-0.25, -0.2) is 9.78 Å². The van der Waals surface area contributed by atoms with Crippen LogP contribution < -0.4 is 14.2 Å². The summed E-state index contributed by atoms with van der Waals surface area (Å²) in [6, 6.07) is 10.2. The van der Waals surface area contributed by atoms with Crippen LogP contribution in [0.15, 0.2) is 53.1 Å². The van der Waals surface area contributed by atoms with Crippen molar-refractivity contribution in [2.45, 2.75) is 70.1 Å². The third-order valence-corrected chi connectivity index (χ3v) is 6.17. The maximum Gasteiger partial charge on any atom is 0.387 e. The van der Waals surface area contributed by atoms with Gasteiger partial charge in [0.05, 0.1) is 17.4 Å². The molecule has 12 nitrogen and oxygen atoms in total. The van der Waals surface area contributed by atoms with E-state index in [0.29, 0.717) is 11.3 Å². The Balaban J connectivity index is 1.45. The molecule has 0 spiro atoms. The first-order valence-electron chi connectivity index (χ1n) is 12.9. The lowest BCUT2D eigenvalue weighted by molar-refractivity contribution is -0.271. The van der Waals surface area contributed by atoms with Crippen molar-refractivity contribution in [3.63, 3.8) is 0 Å². The van der Waals surface area contributed by atoms with Gasteiger partial charge < -0.3 is 43.8 Å². The maximum absolute atomic E-state index is 13.1. The molecule has 0 saturated carbocycles. The first kappa shape index (κ1) is 30.8. The molecular weight excluding hydrogens is 564 g/mol. The molecule has 1 aliphatic heterocycles. The number of hydrogen-bond acceptors (Lipinski definition) is 11. The molecule has 0 amide bonds. The number of aliphatic hydroxyl groups is 3. The highest BCUT2D eigenvalue weighted by Gasteiger charge is 2.48. The normalized spacial score (nSPS) is 22.3. The van der Waals surface area contributed by atoms with Gasteiger partial charge in [-0.3, -0.25) is 4.79 Å². The minimum Gasteiger partial charge on any atom is -0.487 e. The molecule has 0 unspecified atom stereocenters. The number of halogens is 2. The van der Waals surface area contributed by atoms with Crippen molar-refractivity contribution in [3.8, 4) is 28.7 Å². The molecule has 0 radical (unpaired) electrons. The van der Waals surface area contributed by atoms with Crippen LogP contribution in [0.1, 0.15) is 36.3 Å². The first-order valence-corrected chi connectivity index (χ1v) is 12.9. The SMILES string of the molecule is CC(C)Oc1cc(-c2nc(CCC(=O)c3ccccc3O[C@@H]3O[C@H](C(=O)O)[C@@H](O)[C@H](O)[C@H]3O)co2)ccc1OC(F)F. The minimum atomic E-state index is -3.03. The number of carbonyl (C=O) groups excluding carboxylic acids is 1. The number of benzene rings is 2. The molecule has 42 heavy (non-hydrogen) atoms. The van der Waals surface area contributed by atoms with E-state index in [0.717, 1.165) is 0 Å². The van der Waals surface area contributed by atoms with Crippen LogP contribution in [0.4, 0.5) is 8.78 Å². The van der Waals surface area contributed by atoms with Crippen LogP contribution >= 0.6 is 0 Å². The highest BCUT2D eigenvalue weighted by molar-refractivity contribution is 5.98. The van der Waals surface area contributed by atoms with E-state index in [2.05, 4.69) is 9.72 Å². The summed E-state index contributed by atoms with van der Waals surface area (Å²) < 4.78 is 51.9. The molecule has 2 aromatic carbocycles. The highest BCUT2D eigenvalue weighted by Crippen LogP contribution is 2.34. The Kier molecular flexibility index (Phi) is 9.73. The van der Waals surface area contributed by atoms with Gasteiger partial charge in [-0.1, -0.05) is 12.1 Å². The standard InChI is InChI=1S/C28H29F2NO11/c1-13(2)39-20-11-14(7-10-19(20)41-28(29)30)25-31-15(12-38-25)8-9-17(32)16-5-3-4-6-18(16)40-27-23(35)21(33)22(34)24(42-27)26(36)37/h3-7,10-13,21-24,27-28,33-35H,8-9H2,1-2H3,(H,36,37)/t21-,22-,23+,24-,27+/m0/s1. The van der Waals surface area contributed by atoms with Crippen molar-refractivity contribution in [3.05, 3.63) is 60.0 Å². The zero-order chi connectivity index (χ0) is 30.6. The molecule has 0 bridgehead atoms. The predicted octanol–water partition coefficient (Wildman–Crippen LogP) is 2.82. The Hall–Kier alpha value is -4.11. The molecule has 4 N–H and O–H groups in total. The summed E-state index contributed by atoms with van der Waals surface area (Å²) in [6.45, 7) is 0.424. The molecule has 1 saturated heterocycles. The second-order valence-electron chi connectivity index (χ2n) is 9.62. The number of rotatable bonds is 12. The van der Waals surface area contributed by atoms with Gasteiger partial charge in [-0.05, 0) is 44.2 Å². The smallest absolute Gasteiger partial charge is 0.387 e. The number of aliphatic hydroxyl groups excluding tert-OH is 3. The fraction of sp³-hybridized carbons (Fsp3) is 0.393. The summed E-state index contributed by atoms with van der Waals surface area (Å²) in [5.41, 5.74) is 0.944. The van der Waals surface area contributed by atoms with Crippen molar-refractivity contribution < 1.29 is 62.2 Å². The Bertz CT molecular complexity index is 1400. The molecule has 226 valence electrons. The molecule has 1 fully saturated rings. The molecule has 4 rings (SSSR count). The number of ether oxygens (including phenoxy) is 4. The van der Waals surface area contributed by atoms with E-state index in [-0.39, 0.29) is 47.6 Å². The summed E-state index contributed by atoms with van der Waals surface area (Å²) in [7, 11) is 0. The van der Waals surface area contributed by atoms with Gasteiger partial charge in [0.2, 0.25) is 12.2 Å². The second kappa shape index (κ2) is 13.2. The summed E-state index contributed by atoms with van der Waals surface area (Å²) in [4.78, 5) is 28.8. The monoisotopic (exact) mass is 593 g/mol. The number of alkyl halides is 2. The predicted molar refractivity (Wildman–Crippen MR) is 138 cm³/mol. The van der Waals surface area contributed by atoms with Crippen molar-refractivity contribution in [2.75, 3.05) is 0 Å². The molecule has 14 heteroatoms. The largest absolute Gasteiger partial charge is 0.487 e. The molecule has 1 aliphatic rings. The average molecular weight is 594 g/mol. The quantitative estimate of drug-likeness (QED) is 0.226. The number of aromatic nitrogens is 1. The Morgan fingerprint density at radius 1 is 0.976 bits per heavy atom. The van der Waals surface area contributed by atoms with Crippen molar-refractivity contribution in [1.82, 2.24) is 4.98 Å². The topological polar surface area (TPSA) is 178 Å². The van der Waals surface area contributed by atoms with Crippen molar-refractivity contribution >= 4 is 11.8 Å². The lowest BCUT2D eigenvalue weighted by Crippen LogP contribution is -2.61. The van der Waals surface area contributed by atoms with Gasteiger partial charge in [0.15, 0.2) is 23.4 Å². The Morgan fingerprint density at radius 3 is 2.40 bits per heavy atom. The average Bonchev–Trinajstić information content (AvgIpc) is 3.41. The van der Waals surface area contributed by atoms with Crippen LogP contribution in [0.25, 0.3) is 11.5 Å². The van der Waals surface area contributed by atoms with Gasteiger partial charge in [0.25, 0.3) is 0 Å². The van der Waals surface area contributed by atoms with E-state index in [1.807, 2.05) is 0 Å². The third kappa shape index (κ3) is 7.20. The van der Waals surface area contributed by atoms with E-state index in [9.17, 15) is 38.8 Å². The maximum atomic E-state index is 13.1. The number of carboxylic acids is 1. The number of carbonyl (C=O) groups is 2. The van der Waals surface area contributed by atoms with Crippen molar-refractivity contribution in [2.24, 2.45) is 0 Å². The minimum absolute atomic E-state index is 0.0380. The van der Waals surface area contributed by atoms with Crippen LogP contribution in [0.3, 0.4) is 0 Å². The Morgan fingerprint density at radius 2 is 1.71 bits per heavy atom. The second-order valence-corrected chi connectivity index (χ2v) is 9.62. The Labute approximate surface area is 238 Å². The highest BCUT2D eigenvalue weighted by atomic mass is 19.3. The van der Waals surface area contributed by atoms with Crippen LogP contribution in [-0.2, 0) is 16.0 Å². The van der Waals surface area contributed by atoms with E-state index in [4.69, 9.17) is 18.6 Å². The molecule has 1 aromatic heterocycles. The van der Waals surface area contributed by atoms with Gasteiger partial charge in [0, 0.05) is 18.4 Å². The van der Waals surface area contributed by atoms with Gasteiger partial charge in [0.1, 0.15) is 30.3 Å². The van der Waals surface area contributed by atoms with Gasteiger partial charge in [-0.2, -0.15) is 8.78 Å². The molecule has 2 heterocycles. The third-order valence-electron chi connectivity index (χ3n) is 6.17. The summed E-state index contributed by atoms with van der Waals surface area (Å²) in [5, 5.41) is 39.4. The van der Waals surface area contributed by atoms with Gasteiger partial charge in [-0.15, -0.1) is 0 Å². The number of oxazole rings is 1. The molecular formula is C28H29F2NO11. The van der Waals surface area contributed by atoms with Crippen molar-refractivity contribution in [1.29, 1.82) is 0 Å². The number of ketones is 1. The zero-order valence-electron chi connectivity index (χ0n) is 22.4. The van der Waals surface area contributed by atoms with Gasteiger partial charge >= 0.3 is 12.6 Å². The fourth-order valence-electron chi connectivity index (χ4n) is 4.19. The van der Waals surface area contributed by atoms with E-state index in [1.54, 1.807) is 26.0 Å². The summed E-state index contributed by atoms with van der Waals surface area (Å²) in [5.74, 6) is -1.90. The number of carboxylic acid groups (broad SMARTS) is 1. The van der Waals surface area contributed by atoms with Crippen LogP contribution in [0.5, 0.6) is 17.2 Å². The number of aryl methyl sites for hydroxylation is 1. The number of hydrogen-bond donors (Lipinski definition) is 4. The van der Waals surface area contributed by atoms with Crippen LogP contribution in [0, 0.1) is 0 Å². The lowest BCUT2D eigenvalue weighted by atomic mass is 9.99. The van der Waals surface area contributed by atoms with E-state index in [1.165, 1.54) is 36.6 Å².